The molecule has 152 valence electrons. The molecule has 0 spiro atoms. The van der Waals surface area contributed by atoms with Crippen LogP contribution in [0.4, 0.5) is 13.2 Å². The summed E-state index contributed by atoms with van der Waals surface area (Å²) in [4.78, 5) is 13.6. The summed E-state index contributed by atoms with van der Waals surface area (Å²) in [7, 11) is 0. The van der Waals surface area contributed by atoms with Crippen LogP contribution in [0.3, 0.4) is 0 Å². The van der Waals surface area contributed by atoms with Gasteiger partial charge in [-0.05, 0) is 41.7 Å². The average molecular weight is 401 g/mol. The summed E-state index contributed by atoms with van der Waals surface area (Å²) >= 11 is 0. The van der Waals surface area contributed by atoms with E-state index in [2.05, 4.69) is 6.07 Å². The molecule has 1 aliphatic rings. The van der Waals surface area contributed by atoms with E-state index in [9.17, 15) is 23.2 Å². The minimum atomic E-state index is -4.36. The second kappa shape index (κ2) is 8.66. The standard InChI is InChI=1S/C22H22F3N3O/c23-22(24,25)18-10-8-17(9-11-18)16-6-4-15(5-7-16)13-19(14-26)28-12-2-1-3-20(28)21(27)29/h4-11,19-20H,1-3,12-13H2,(H2,27,29)/t19-,20?/m0/s1. The van der Waals surface area contributed by atoms with E-state index in [1.807, 2.05) is 29.2 Å². The number of nitrogens with zero attached hydrogens (tertiary/aromatic N) is 2. The van der Waals surface area contributed by atoms with Crippen LogP contribution in [-0.4, -0.2) is 29.4 Å². The van der Waals surface area contributed by atoms with Crippen molar-refractivity contribution in [2.45, 2.75) is 43.9 Å². The van der Waals surface area contributed by atoms with Gasteiger partial charge in [-0.25, -0.2) is 0 Å². The molecule has 1 heterocycles. The van der Waals surface area contributed by atoms with Crippen molar-refractivity contribution in [1.29, 1.82) is 5.26 Å². The quantitative estimate of drug-likeness (QED) is 0.818. The Balaban J connectivity index is 1.72. The minimum absolute atomic E-state index is 0.400. The van der Waals surface area contributed by atoms with E-state index in [4.69, 9.17) is 5.73 Å². The number of nitriles is 1. The molecule has 29 heavy (non-hydrogen) atoms. The number of primary amides is 1. The maximum atomic E-state index is 12.7. The molecular weight excluding hydrogens is 379 g/mol. The van der Waals surface area contributed by atoms with Crippen LogP contribution in [0.5, 0.6) is 0 Å². The number of piperidine rings is 1. The average Bonchev–Trinajstić information content (AvgIpc) is 2.72. The van der Waals surface area contributed by atoms with Crippen molar-refractivity contribution in [1.82, 2.24) is 4.90 Å². The van der Waals surface area contributed by atoms with Gasteiger partial charge >= 0.3 is 6.18 Å². The molecule has 0 radical (unpaired) electrons. The monoisotopic (exact) mass is 401 g/mol. The molecule has 2 aromatic rings. The number of amides is 1. The second-order valence-electron chi connectivity index (χ2n) is 7.27. The van der Waals surface area contributed by atoms with Gasteiger partial charge in [0.15, 0.2) is 0 Å². The van der Waals surface area contributed by atoms with Crippen molar-refractivity contribution in [3.05, 3.63) is 59.7 Å². The lowest BCUT2D eigenvalue weighted by atomic mass is 9.95. The van der Waals surface area contributed by atoms with Crippen molar-refractivity contribution in [3.63, 3.8) is 0 Å². The molecule has 2 aromatic carbocycles. The Kier molecular flexibility index (Phi) is 6.23. The minimum Gasteiger partial charge on any atom is -0.368 e. The lowest BCUT2D eigenvalue weighted by Crippen LogP contribution is -2.52. The van der Waals surface area contributed by atoms with Gasteiger partial charge < -0.3 is 5.73 Å². The number of carbonyl (C=O) groups is 1. The van der Waals surface area contributed by atoms with Crippen molar-refractivity contribution in [3.8, 4) is 17.2 Å². The van der Waals surface area contributed by atoms with Gasteiger partial charge in [-0.15, -0.1) is 0 Å². The predicted molar refractivity (Wildman–Crippen MR) is 104 cm³/mol. The third-order valence-corrected chi connectivity index (χ3v) is 5.35. The summed E-state index contributed by atoms with van der Waals surface area (Å²) < 4.78 is 38.1. The highest BCUT2D eigenvalue weighted by molar-refractivity contribution is 5.80. The molecule has 2 atom stereocenters. The first kappa shape index (κ1) is 20.9. The Morgan fingerprint density at radius 3 is 2.21 bits per heavy atom. The van der Waals surface area contributed by atoms with E-state index in [1.165, 1.54) is 12.1 Å². The van der Waals surface area contributed by atoms with Crippen LogP contribution in [0.25, 0.3) is 11.1 Å². The van der Waals surface area contributed by atoms with Crippen LogP contribution in [0.15, 0.2) is 48.5 Å². The zero-order valence-electron chi connectivity index (χ0n) is 15.8. The zero-order chi connectivity index (χ0) is 21.0. The van der Waals surface area contributed by atoms with Crippen LogP contribution in [-0.2, 0) is 17.4 Å². The maximum absolute atomic E-state index is 12.7. The maximum Gasteiger partial charge on any atom is 0.416 e. The lowest BCUT2D eigenvalue weighted by Gasteiger charge is -2.36. The van der Waals surface area contributed by atoms with E-state index in [1.54, 1.807) is 0 Å². The second-order valence-corrected chi connectivity index (χ2v) is 7.27. The summed E-state index contributed by atoms with van der Waals surface area (Å²) in [6.45, 7) is 0.662. The molecule has 1 aliphatic heterocycles. The summed E-state index contributed by atoms with van der Waals surface area (Å²) in [5.41, 5.74) is 7.22. The topological polar surface area (TPSA) is 70.1 Å². The number of halogens is 3. The molecule has 0 bridgehead atoms. The number of nitrogens with two attached hydrogens (primary N) is 1. The molecule has 1 saturated heterocycles. The third kappa shape index (κ3) is 4.96. The first-order chi connectivity index (χ1) is 13.8. The third-order valence-electron chi connectivity index (χ3n) is 5.35. The number of likely N-dealkylation sites (tertiary alicyclic amines) is 1. The molecule has 0 aliphatic carbocycles. The summed E-state index contributed by atoms with van der Waals surface area (Å²) in [6, 6.07) is 13.8. The largest absolute Gasteiger partial charge is 0.416 e. The van der Waals surface area contributed by atoms with Gasteiger partial charge in [-0.2, -0.15) is 18.4 Å². The molecule has 7 heteroatoms. The number of hydrogen-bond acceptors (Lipinski definition) is 3. The highest BCUT2D eigenvalue weighted by Gasteiger charge is 2.32. The van der Waals surface area contributed by atoms with Gasteiger partial charge in [-0.3, -0.25) is 9.69 Å². The Labute approximate surface area is 167 Å². The van der Waals surface area contributed by atoms with Gasteiger partial charge in [0.2, 0.25) is 5.91 Å². The molecular formula is C22H22F3N3O. The number of benzene rings is 2. The van der Waals surface area contributed by atoms with E-state index >= 15 is 0 Å². The van der Waals surface area contributed by atoms with E-state index < -0.39 is 29.7 Å². The Morgan fingerprint density at radius 2 is 1.69 bits per heavy atom. The van der Waals surface area contributed by atoms with Gasteiger partial charge in [0.05, 0.1) is 17.7 Å². The number of hydrogen-bond donors (Lipinski definition) is 1. The lowest BCUT2D eigenvalue weighted by molar-refractivity contribution is -0.137. The van der Waals surface area contributed by atoms with Crippen LogP contribution < -0.4 is 5.73 Å². The first-order valence-electron chi connectivity index (χ1n) is 9.51. The van der Waals surface area contributed by atoms with E-state index in [0.29, 0.717) is 24.9 Å². The molecule has 1 unspecified atom stereocenters. The van der Waals surface area contributed by atoms with Gasteiger partial charge in [0, 0.05) is 13.0 Å². The summed E-state index contributed by atoms with van der Waals surface area (Å²) in [5.74, 6) is -0.400. The fraction of sp³-hybridized carbons (Fsp3) is 0.364. The van der Waals surface area contributed by atoms with Crippen LogP contribution in [0.2, 0.25) is 0 Å². The highest BCUT2D eigenvalue weighted by Crippen LogP contribution is 2.31. The Morgan fingerprint density at radius 1 is 1.10 bits per heavy atom. The van der Waals surface area contributed by atoms with Crippen molar-refractivity contribution < 1.29 is 18.0 Å². The van der Waals surface area contributed by atoms with E-state index in [0.717, 1.165) is 36.1 Å². The fourth-order valence-electron chi connectivity index (χ4n) is 3.78. The molecule has 1 fully saturated rings. The molecule has 0 aromatic heterocycles. The van der Waals surface area contributed by atoms with E-state index in [-0.39, 0.29) is 0 Å². The van der Waals surface area contributed by atoms with Crippen molar-refractivity contribution >= 4 is 5.91 Å². The highest BCUT2D eigenvalue weighted by atomic mass is 19.4. The fourth-order valence-corrected chi connectivity index (χ4v) is 3.78. The summed E-state index contributed by atoms with van der Waals surface area (Å²) in [5, 5.41) is 9.63. The van der Waals surface area contributed by atoms with Gasteiger partial charge in [0.25, 0.3) is 0 Å². The molecule has 0 saturated carbocycles. The number of carbonyl (C=O) groups excluding carboxylic acids is 1. The zero-order valence-corrected chi connectivity index (χ0v) is 15.8. The summed E-state index contributed by atoms with van der Waals surface area (Å²) in [6.07, 6.45) is -1.39. The molecule has 2 N–H and O–H groups in total. The van der Waals surface area contributed by atoms with Crippen LogP contribution in [0.1, 0.15) is 30.4 Å². The molecule has 1 amide bonds. The molecule has 4 nitrogen and oxygen atoms in total. The van der Waals surface area contributed by atoms with Crippen LogP contribution >= 0.6 is 0 Å². The van der Waals surface area contributed by atoms with Crippen LogP contribution in [0, 0.1) is 11.3 Å². The number of rotatable bonds is 5. The van der Waals surface area contributed by atoms with Gasteiger partial charge in [0.1, 0.15) is 6.04 Å². The van der Waals surface area contributed by atoms with Gasteiger partial charge in [-0.1, -0.05) is 42.8 Å². The molecule has 3 rings (SSSR count). The predicted octanol–water partition coefficient (Wildman–Crippen LogP) is 4.15. The normalized spacial score (nSPS) is 18.8. The first-order valence-corrected chi connectivity index (χ1v) is 9.51. The van der Waals surface area contributed by atoms with Crippen molar-refractivity contribution in [2.24, 2.45) is 5.73 Å². The Hall–Kier alpha value is -2.85. The Bertz CT molecular complexity index is 886. The van der Waals surface area contributed by atoms with Crippen molar-refractivity contribution in [2.75, 3.05) is 6.54 Å². The SMILES string of the molecule is N#C[C@H](Cc1ccc(-c2ccc(C(F)(F)F)cc2)cc1)N1CCCCC1C(N)=O. The number of alkyl halides is 3. The smallest absolute Gasteiger partial charge is 0.368 e.